The third-order valence-electron chi connectivity index (χ3n) is 4.92. The number of hydrogen-bond donors (Lipinski definition) is 0. The summed E-state index contributed by atoms with van der Waals surface area (Å²) in [7, 11) is -2.48. The molecule has 31 heavy (non-hydrogen) atoms. The molecule has 0 fully saturated rings. The van der Waals surface area contributed by atoms with Crippen molar-refractivity contribution >= 4 is 27.4 Å². The van der Waals surface area contributed by atoms with Gasteiger partial charge in [-0.15, -0.1) is 11.3 Å². The third kappa shape index (κ3) is 5.65. The highest BCUT2D eigenvalue weighted by atomic mass is 32.2. The predicted octanol–water partition coefficient (Wildman–Crippen LogP) is 4.97. The van der Waals surface area contributed by atoms with Crippen LogP contribution in [0.5, 0.6) is 11.5 Å². The van der Waals surface area contributed by atoms with Crippen LogP contribution in [0.3, 0.4) is 0 Å². The topological polar surface area (TPSA) is 72.9 Å². The SMILES string of the molecule is CCC(C)N(Cc1cccc(OS(=O)(=O)c2ccc(OC)cc2)c1)C(=O)c1cccs1. The molecule has 0 bridgehead atoms. The van der Waals surface area contributed by atoms with Crippen LogP contribution in [0.4, 0.5) is 0 Å². The Balaban J connectivity index is 1.80. The minimum atomic E-state index is -3.99. The fraction of sp³-hybridized carbons (Fsp3) is 0.261. The first-order valence-corrected chi connectivity index (χ1v) is 12.1. The highest BCUT2D eigenvalue weighted by Gasteiger charge is 2.22. The highest BCUT2D eigenvalue weighted by molar-refractivity contribution is 7.87. The predicted molar refractivity (Wildman–Crippen MR) is 121 cm³/mol. The molecule has 164 valence electrons. The van der Waals surface area contributed by atoms with E-state index in [2.05, 4.69) is 0 Å². The van der Waals surface area contributed by atoms with Crippen molar-refractivity contribution in [1.29, 1.82) is 0 Å². The Morgan fingerprint density at radius 2 is 1.81 bits per heavy atom. The number of carbonyl (C=O) groups excluding carboxylic acids is 1. The van der Waals surface area contributed by atoms with Gasteiger partial charge in [0, 0.05) is 12.6 Å². The lowest BCUT2D eigenvalue weighted by Crippen LogP contribution is -2.37. The Bertz CT molecular complexity index is 1110. The number of thiophene rings is 1. The van der Waals surface area contributed by atoms with Gasteiger partial charge in [-0.3, -0.25) is 4.79 Å². The summed E-state index contributed by atoms with van der Waals surface area (Å²) >= 11 is 1.40. The van der Waals surface area contributed by atoms with Crippen LogP contribution in [0.15, 0.2) is 70.9 Å². The van der Waals surface area contributed by atoms with Crippen LogP contribution >= 0.6 is 11.3 Å². The fourth-order valence-corrected chi connectivity index (χ4v) is 4.60. The molecule has 3 rings (SSSR count). The van der Waals surface area contributed by atoms with Crippen molar-refractivity contribution in [2.75, 3.05) is 7.11 Å². The van der Waals surface area contributed by atoms with Crippen LogP contribution in [0, 0.1) is 0 Å². The van der Waals surface area contributed by atoms with E-state index in [1.807, 2.05) is 37.4 Å². The van der Waals surface area contributed by atoms with Gasteiger partial charge in [-0.1, -0.05) is 25.1 Å². The van der Waals surface area contributed by atoms with Crippen molar-refractivity contribution in [2.24, 2.45) is 0 Å². The van der Waals surface area contributed by atoms with Gasteiger partial charge in [-0.25, -0.2) is 0 Å². The van der Waals surface area contributed by atoms with Crippen molar-refractivity contribution in [3.63, 3.8) is 0 Å². The van der Waals surface area contributed by atoms with E-state index in [0.717, 1.165) is 12.0 Å². The molecule has 0 aliphatic heterocycles. The molecule has 1 atom stereocenters. The summed E-state index contributed by atoms with van der Waals surface area (Å²) in [6, 6.07) is 16.5. The molecule has 1 heterocycles. The summed E-state index contributed by atoms with van der Waals surface area (Å²) in [6.45, 7) is 4.38. The average Bonchev–Trinajstić information content (AvgIpc) is 3.31. The van der Waals surface area contributed by atoms with E-state index in [1.54, 1.807) is 35.2 Å². The van der Waals surface area contributed by atoms with Crippen molar-refractivity contribution in [3.05, 3.63) is 76.5 Å². The summed E-state index contributed by atoms with van der Waals surface area (Å²) in [5, 5.41) is 1.88. The Morgan fingerprint density at radius 3 is 2.42 bits per heavy atom. The first kappa shape index (κ1) is 22.8. The van der Waals surface area contributed by atoms with E-state index >= 15 is 0 Å². The van der Waals surface area contributed by atoms with Crippen molar-refractivity contribution < 1.29 is 22.1 Å². The van der Waals surface area contributed by atoms with Crippen molar-refractivity contribution in [2.45, 2.75) is 37.8 Å². The van der Waals surface area contributed by atoms with E-state index in [4.69, 9.17) is 8.92 Å². The summed E-state index contributed by atoms with van der Waals surface area (Å²) < 4.78 is 35.6. The smallest absolute Gasteiger partial charge is 0.339 e. The number of amides is 1. The molecule has 0 aliphatic carbocycles. The molecule has 1 amide bonds. The average molecular weight is 460 g/mol. The van der Waals surface area contributed by atoms with E-state index < -0.39 is 10.1 Å². The second kappa shape index (κ2) is 9.98. The minimum absolute atomic E-state index is 0.0298. The van der Waals surface area contributed by atoms with Crippen LogP contribution in [0.25, 0.3) is 0 Å². The normalized spacial score (nSPS) is 12.2. The zero-order valence-electron chi connectivity index (χ0n) is 17.6. The van der Waals surface area contributed by atoms with Crippen molar-refractivity contribution in [1.82, 2.24) is 4.90 Å². The fourth-order valence-electron chi connectivity index (χ4n) is 3.00. The Hall–Kier alpha value is -2.84. The second-order valence-electron chi connectivity index (χ2n) is 7.03. The Morgan fingerprint density at radius 1 is 1.06 bits per heavy atom. The molecular formula is C23H25NO5S2. The van der Waals surface area contributed by atoms with Crippen LogP contribution in [0.1, 0.15) is 35.5 Å². The van der Waals surface area contributed by atoms with E-state index in [1.165, 1.54) is 30.6 Å². The molecule has 0 aliphatic rings. The van der Waals surface area contributed by atoms with E-state index in [0.29, 0.717) is 17.2 Å². The molecule has 2 aromatic carbocycles. The molecule has 8 heteroatoms. The first-order chi connectivity index (χ1) is 14.8. The maximum absolute atomic E-state index is 13.0. The monoisotopic (exact) mass is 459 g/mol. The number of nitrogens with zero attached hydrogens (tertiary/aromatic N) is 1. The molecular weight excluding hydrogens is 434 g/mol. The summed E-state index contributed by atoms with van der Waals surface area (Å²) in [5.41, 5.74) is 0.785. The molecule has 1 aromatic heterocycles. The maximum Gasteiger partial charge on any atom is 0.339 e. The lowest BCUT2D eigenvalue weighted by atomic mass is 10.1. The molecule has 0 saturated carbocycles. The van der Waals surface area contributed by atoms with Gasteiger partial charge in [0.1, 0.15) is 16.4 Å². The van der Waals surface area contributed by atoms with Gasteiger partial charge in [0.25, 0.3) is 5.91 Å². The molecule has 0 N–H and O–H groups in total. The number of carbonyl (C=O) groups is 1. The van der Waals surface area contributed by atoms with Gasteiger partial charge in [0.15, 0.2) is 0 Å². The highest BCUT2D eigenvalue weighted by Crippen LogP contribution is 2.24. The maximum atomic E-state index is 13.0. The molecule has 3 aromatic rings. The number of rotatable bonds is 9. The Labute approximate surface area is 187 Å². The van der Waals surface area contributed by atoms with Gasteiger partial charge in [0.05, 0.1) is 12.0 Å². The zero-order chi connectivity index (χ0) is 22.4. The quantitative estimate of drug-likeness (QED) is 0.423. The lowest BCUT2D eigenvalue weighted by Gasteiger charge is -2.28. The van der Waals surface area contributed by atoms with Gasteiger partial charge < -0.3 is 13.8 Å². The van der Waals surface area contributed by atoms with Gasteiger partial charge >= 0.3 is 10.1 Å². The molecule has 0 saturated heterocycles. The van der Waals surface area contributed by atoms with Gasteiger partial charge in [-0.2, -0.15) is 8.42 Å². The van der Waals surface area contributed by atoms with Gasteiger partial charge in [0.2, 0.25) is 0 Å². The number of benzene rings is 2. The van der Waals surface area contributed by atoms with Crippen LogP contribution < -0.4 is 8.92 Å². The molecule has 0 radical (unpaired) electrons. The summed E-state index contributed by atoms with van der Waals surface area (Å²) in [5.74, 6) is 0.712. The molecule has 1 unspecified atom stereocenters. The summed E-state index contributed by atoms with van der Waals surface area (Å²) in [6.07, 6.45) is 0.805. The standard InChI is InChI=1S/C23H25NO5S2/c1-4-17(2)24(23(25)22-9-6-14-30-22)16-18-7-5-8-20(15-18)29-31(26,27)21-12-10-19(28-3)11-13-21/h5-15,17H,4,16H2,1-3H3. The number of methoxy groups -OCH3 is 1. The van der Waals surface area contributed by atoms with Gasteiger partial charge in [-0.05, 0) is 66.8 Å². The molecule has 0 spiro atoms. The van der Waals surface area contributed by atoms with E-state index in [-0.39, 0.29) is 22.6 Å². The zero-order valence-corrected chi connectivity index (χ0v) is 19.3. The molecule has 6 nitrogen and oxygen atoms in total. The number of hydrogen-bond acceptors (Lipinski definition) is 6. The Kier molecular flexibility index (Phi) is 7.35. The minimum Gasteiger partial charge on any atom is -0.497 e. The van der Waals surface area contributed by atoms with Crippen molar-refractivity contribution in [3.8, 4) is 11.5 Å². The largest absolute Gasteiger partial charge is 0.497 e. The second-order valence-corrected chi connectivity index (χ2v) is 9.52. The summed E-state index contributed by atoms with van der Waals surface area (Å²) in [4.78, 5) is 15.5. The lowest BCUT2D eigenvalue weighted by molar-refractivity contribution is 0.0676. The van der Waals surface area contributed by atoms with E-state index in [9.17, 15) is 13.2 Å². The first-order valence-electron chi connectivity index (χ1n) is 9.86. The van der Waals surface area contributed by atoms with Crippen LogP contribution in [-0.2, 0) is 16.7 Å². The third-order valence-corrected chi connectivity index (χ3v) is 7.04. The number of ether oxygens (including phenoxy) is 1. The van der Waals surface area contributed by atoms with Crippen LogP contribution in [0.2, 0.25) is 0 Å². The van der Waals surface area contributed by atoms with Crippen LogP contribution in [-0.4, -0.2) is 32.4 Å².